The Morgan fingerprint density at radius 1 is 1.44 bits per heavy atom. The first-order valence-corrected chi connectivity index (χ1v) is 6.21. The van der Waals surface area contributed by atoms with Crippen LogP contribution in [0.1, 0.15) is 15.2 Å². The van der Waals surface area contributed by atoms with Crippen LogP contribution in [0.25, 0.3) is 0 Å². The lowest BCUT2D eigenvalue weighted by atomic mass is 10.2. The molecule has 0 fully saturated rings. The van der Waals surface area contributed by atoms with Crippen LogP contribution in [0.5, 0.6) is 5.75 Å². The molecule has 2 aromatic rings. The zero-order valence-electron chi connectivity index (χ0n) is 9.02. The van der Waals surface area contributed by atoms with Gasteiger partial charge in [-0.25, -0.2) is 9.18 Å². The third kappa shape index (κ3) is 2.80. The highest BCUT2D eigenvalue weighted by Crippen LogP contribution is 2.26. The van der Waals surface area contributed by atoms with Gasteiger partial charge in [0.25, 0.3) is 0 Å². The minimum atomic E-state index is -1.06. The first-order chi connectivity index (χ1) is 8.58. The molecule has 0 atom stereocenters. The van der Waals surface area contributed by atoms with Gasteiger partial charge in [-0.2, -0.15) is 0 Å². The number of halogens is 2. The summed E-state index contributed by atoms with van der Waals surface area (Å²) in [5, 5.41) is 10.9. The second kappa shape index (κ2) is 5.37. The van der Waals surface area contributed by atoms with E-state index in [1.807, 2.05) is 0 Å². The van der Waals surface area contributed by atoms with Crippen LogP contribution in [0.3, 0.4) is 0 Å². The molecule has 0 aliphatic heterocycles. The molecule has 2 rings (SSSR count). The minimum Gasteiger partial charge on any atom is -0.487 e. The van der Waals surface area contributed by atoms with E-state index in [9.17, 15) is 9.18 Å². The van der Waals surface area contributed by atoms with E-state index in [0.29, 0.717) is 5.02 Å². The Balaban J connectivity index is 2.14. The van der Waals surface area contributed by atoms with Crippen LogP contribution < -0.4 is 4.74 Å². The van der Waals surface area contributed by atoms with Gasteiger partial charge in [0.15, 0.2) is 4.88 Å². The molecule has 94 valence electrons. The van der Waals surface area contributed by atoms with E-state index in [0.717, 1.165) is 11.3 Å². The van der Waals surface area contributed by atoms with Gasteiger partial charge in [-0.05, 0) is 29.6 Å². The van der Waals surface area contributed by atoms with Gasteiger partial charge < -0.3 is 9.84 Å². The van der Waals surface area contributed by atoms with Crippen LogP contribution in [0.15, 0.2) is 29.6 Å². The van der Waals surface area contributed by atoms with E-state index in [1.54, 1.807) is 5.38 Å². The summed E-state index contributed by atoms with van der Waals surface area (Å²) >= 11 is 6.80. The topological polar surface area (TPSA) is 46.5 Å². The summed E-state index contributed by atoms with van der Waals surface area (Å²) in [6.07, 6.45) is 0. The van der Waals surface area contributed by atoms with Gasteiger partial charge in [0.05, 0.1) is 0 Å². The Morgan fingerprint density at radius 3 is 2.94 bits per heavy atom. The molecule has 1 aromatic heterocycles. The SMILES string of the molecule is O=C(O)c1sccc1OCc1cc(Cl)ccc1F. The molecule has 0 aliphatic carbocycles. The molecule has 3 nitrogen and oxygen atoms in total. The Bertz CT molecular complexity index is 582. The first-order valence-electron chi connectivity index (χ1n) is 4.95. The predicted molar refractivity (Wildman–Crippen MR) is 67.0 cm³/mol. The van der Waals surface area contributed by atoms with Crippen LogP contribution >= 0.6 is 22.9 Å². The van der Waals surface area contributed by atoms with Crippen molar-refractivity contribution in [3.63, 3.8) is 0 Å². The van der Waals surface area contributed by atoms with Crippen LogP contribution in [0.2, 0.25) is 5.02 Å². The number of aromatic carboxylic acids is 1. The quantitative estimate of drug-likeness (QED) is 0.929. The maximum atomic E-state index is 13.4. The molecule has 0 aliphatic rings. The van der Waals surface area contributed by atoms with E-state index in [2.05, 4.69) is 0 Å². The number of benzene rings is 1. The van der Waals surface area contributed by atoms with Crippen molar-refractivity contribution < 1.29 is 19.0 Å². The fourth-order valence-corrected chi connectivity index (χ4v) is 2.24. The lowest BCUT2D eigenvalue weighted by Gasteiger charge is -2.06. The lowest BCUT2D eigenvalue weighted by molar-refractivity contribution is 0.0697. The smallest absolute Gasteiger partial charge is 0.349 e. The summed E-state index contributed by atoms with van der Waals surface area (Å²) in [6.45, 7) is -0.0661. The first kappa shape index (κ1) is 12.9. The van der Waals surface area contributed by atoms with E-state index in [4.69, 9.17) is 21.4 Å². The van der Waals surface area contributed by atoms with Crippen LogP contribution in [-0.2, 0) is 6.61 Å². The largest absolute Gasteiger partial charge is 0.487 e. The zero-order valence-corrected chi connectivity index (χ0v) is 10.6. The van der Waals surface area contributed by atoms with Gasteiger partial charge in [0.1, 0.15) is 18.2 Å². The molecule has 0 bridgehead atoms. The van der Waals surface area contributed by atoms with Crippen molar-refractivity contribution in [3.05, 3.63) is 50.9 Å². The van der Waals surface area contributed by atoms with Crippen molar-refractivity contribution in [2.24, 2.45) is 0 Å². The molecule has 1 heterocycles. The maximum Gasteiger partial charge on any atom is 0.349 e. The van der Waals surface area contributed by atoms with Gasteiger partial charge >= 0.3 is 5.97 Å². The zero-order chi connectivity index (χ0) is 13.1. The number of hydrogen-bond acceptors (Lipinski definition) is 3. The molecular weight excluding hydrogens is 279 g/mol. The summed E-state index contributed by atoms with van der Waals surface area (Å²) < 4.78 is 18.7. The Kier molecular flexibility index (Phi) is 3.84. The Hall–Kier alpha value is -1.59. The van der Waals surface area contributed by atoms with Crippen LogP contribution in [-0.4, -0.2) is 11.1 Å². The summed E-state index contributed by atoms with van der Waals surface area (Å²) in [7, 11) is 0. The highest BCUT2D eigenvalue weighted by Gasteiger charge is 2.13. The second-order valence-electron chi connectivity index (χ2n) is 3.44. The summed E-state index contributed by atoms with van der Waals surface area (Å²) in [5.74, 6) is -1.27. The van der Waals surface area contributed by atoms with Crippen molar-refractivity contribution in [3.8, 4) is 5.75 Å². The third-order valence-electron chi connectivity index (χ3n) is 2.21. The van der Waals surface area contributed by atoms with Crippen molar-refractivity contribution in [1.29, 1.82) is 0 Å². The van der Waals surface area contributed by atoms with Gasteiger partial charge in [-0.15, -0.1) is 11.3 Å². The van der Waals surface area contributed by atoms with E-state index in [1.165, 1.54) is 24.3 Å². The van der Waals surface area contributed by atoms with Gasteiger partial charge in [0.2, 0.25) is 0 Å². The number of thiophene rings is 1. The molecule has 0 radical (unpaired) electrons. The number of carbonyl (C=O) groups is 1. The fraction of sp³-hybridized carbons (Fsp3) is 0.0833. The average molecular weight is 287 g/mol. The minimum absolute atomic E-state index is 0.0661. The number of ether oxygens (including phenoxy) is 1. The predicted octanol–water partition coefficient (Wildman–Crippen LogP) is 3.82. The highest BCUT2D eigenvalue weighted by molar-refractivity contribution is 7.12. The third-order valence-corrected chi connectivity index (χ3v) is 3.33. The molecular formula is C12H8ClFO3S. The fourth-order valence-electron chi connectivity index (χ4n) is 1.38. The molecule has 0 saturated heterocycles. The van der Waals surface area contributed by atoms with Gasteiger partial charge in [-0.1, -0.05) is 11.6 Å². The maximum absolute atomic E-state index is 13.4. The van der Waals surface area contributed by atoms with E-state index < -0.39 is 11.8 Å². The van der Waals surface area contributed by atoms with Crippen molar-refractivity contribution in [2.45, 2.75) is 6.61 Å². The van der Waals surface area contributed by atoms with Crippen molar-refractivity contribution >= 4 is 28.9 Å². The number of hydrogen-bond donors (Lipinski definition) is 1. The number of carboxylic acids is 1. The molecule has 0 unspecified atom stereocenters. The molecule has 18 heavy (non-hydrogen) atoms. The van der Waals surface area contributed by atoms with E-state index >= 15 is 0 Å². The summed E-state index contributed by atoms with van der Waals surface area (Å²) in [4.78, 5) is 10.9. The monoisotopic (exact) mass is 286 g/mol. The second-order valence-corrected chi connectivity index (χ2v) is 4.80. The molecule has 1 aromatic carbocycles. The lowest BCUT2D eigenvalue weighted by Crippen LogP contribution is -2.01. The highest BCUT2D eigenvalue weighted by atomic mass is 35.5. The average Bonchev–Trinajstić information content (AvgIpc) is 2.79. The normalized spacial score (nSPS) is 10.3. The van der Waals surface area contributed by atoms with Gasteiger partial charge in [-0.3, -0.25) is 0 Å². The van der Waals surface area contributed by atoms with Crippen molar-refractivity contribution in [2.75, 3.05) is 0 Å². The van der Waals surface area contributed by atoms with Gasteiger partial charge in [0, 0.05) is 10.6 Å². The summed E-state index contributed by atoms with van der Waals surface area (Å²) in [5.41, 5.74) is 0.282. The molecule has 0 spiro atoms. The van der Waals surface area contributed by atoms with E-state index in [-0.39, 0.29) is 22.8 Å². The molecule has 0 amide bonds. The van der Waals surface area contributed by atoms with Crippen LogP contribution in [0.4, 0.5) is 4.39 Å². The Labute approximate surface area is 111 Å². The summed E-state index contributed by atoms with van der Waals surface area (Å²) in [6, 6.07) is 5.67. The number of rotatable bonds is 4. The molecule has 6 heteroatoms. The van der Waals surface area contributed by atoms with Crippen molar-refractivity contribution in [1.82, 2.24) is 0 Å². The number of carboxylic acid groups (broad SMARTS) is 1. The standard InChI is InChI=1S/C12H8ClFO3S/c13-8-1-2-9(14)7(5-8)6-17-10-3-4-18-11(10)12(15)16/h1-5H,6H2,(H,15,16). The molecule has 1 N–H and O–H groups in total. The van der Waals surface area contributed by atoms with Crippen LogP contribution in [0, 0.1) is 5.82 Å². The molecule has 0 saturated carbocycles. The Morgan fingerprint density at radius 2 is 2.22 bits per heavy atom.